The third-order valence-corrected chi connectivity index (χ3v) is 9.03. The zero-order valence-corrected chi connectivity index (χ0v) is 27.6. The maximum Gasteiger partial charge on any atom is 0.268 e. The SMILES string of the molecule is C=CCO[C@@H]1C[C@H](NC[C@@H](O)[C@H](Cc2ccccc2)NC(=O)C(CC=C)N(C)C(=O)c2sccc2OCC)c2cc(OC)ccc21. The number of hydrogen-bond donors (Lipinski definition) is 3. The van der Waals surface area contributed by atoms with Crippen molar-refractivity contribution >= 4 is 23.2 Å². The molecule has 0 radical (unpaired) electrons. The van der Waals surface area contributed by atoms with Gasteiger partial charge in [0.1, 0.15) is 22.4 Å². The molecule has 2 aromatic carbocycles. The van der Waals surface area contributed by atoms with Crippen molar-refractivity contribution in [3.05, 3.63) is 107 Å². The number of aliphatic hydroxyl groups excluding tert-OH is 1. The van der Waals surface area contributed by atoms with Gasteiger partial charge in [-0.3, -0.25) is 9.59 Å². The Morgan fingerprint density at radius 1 is 1.13 bits per heavy atom. The molecular weight excluding hydrogens is 602 g/mol. The van der Waals surface area contributed by atoms with Gasteiger partial charge in [0.15, 0.2) is 0 Å². The molecule has 1 unspecified atom stereocenters. The van der Waals surface area contributed by atoms with Gasteiger partial charge >= 0.3 is 0 Å². The summed E-state index contributed by atoms with van der Waals surface area (Å²) in [7, 11) is 3.24. The highest BCUT2D eigenvalue weighted by Gasteiger charge is 2.34. The van der Waals surface area contributed by atoms with Crippen LogP contribution in [0.3, 0.4) is 0 Å². The minimum Gasteiger partial charge on any atom is -0.497 e. The van der Waals surface area contributed by atoms with Crippen LogP contribution in [0.4, 0.5) is 0 Å². The third kappa shape index (κ3) is 8.64. The number of carbonyl (C=O) groups excluding carboxylic acids is 2. The molecule has 2 amide bonds. The summed E-state index contributed by atoms with van der Waals surface area (Å²) in [5.41, 5.74) is 3.09. The standard InChI is InChI=1S/C36H45N3O6S/c1-6-12-30(39(4)36(42)34-32(44-8-3)17-19-46-34)35(41)38-29(20-24-13-10-9-11-14-24)31(40)23-37-28-22-33(45-18-7-2)26-16-15-25(43-5)21-27(26)28/h6-7,9-11,13-17,19,21,28-31,33,37,40H,1-2,8,12,18,20,22-23H2,3-5H3,(H,38,41)/t28-,29-,30?,31+,33+/m0/s1. The van der Waals surface area contributed by atoms with Gasteiger partial charge in [0.25, 0.3) is 5.91 Å². The molecule has 0 spiro atoms. The lowest BCUT2D eigenvalue weighted by atomic mass is 9.99. The quantitative estimate of drug-likeness (QED) is 0.162. The highest BCUT2D eigenvalue weighted by atomic mass is 32.1. The summed E-state index contributed by atoms with van der Waals surface area (Å²) in [6, 6.07) is 15.8. The Morgan fingerprint density at radius 3 is 2.61 bits per heavy atom. The lowest BCUT2D eigenvalue weighted by molar-refractivity contribution is -0.126. The van der Waals surface area contributed by atoms with E-state index in [1.54, 1.807) is 37.8 Å². The molecule has 1 heterocycles. The van der Waals surface area contributed by atoms with E-state index in [0.717, 1.165) is 22.4 Å². The Balaban J connectivity index is 1.51. The summed E-state index contributed by atoms with van der Waals surface area (Å²) in [6.07, 6.45) is 3.60. The molecule has 3 N–H and O–H groups in total. The van der Waals surface area contributed by atoms with Crippen molar-refractivity contribution in [1.29, 1.82) is 0 Å². The summed E-state index contributed by atoms with van der Waals surface area (Å²) in [4.78, 5) is 29.2. The molecule has 1 aliphatic carbocycles. The fourth-order valence-corrected chi connectivity index (χ4v) is 6.55. The van der Waals surface area contributed by atoms with Gasteiger partial charge in [-0.2, -0.15) is 0 Å². The molecule has 1 aliphatic rings. The first kappa shape index (κ1) is 34.9. The lowest BCUT2D eigenvalue weighted by Crippen LogP contribution is -2.55. The number of nitrogens with zero attached hydrogens (tertiary/aromatic N) is 1. The van der Waals surface area contributed by atoms with Gasteiger partial charge in [-0.15, -0.1) is 24.5 Å². The summed E-state index contributed by atoms with van der Waals surface area (Å²) >= 11 is 1.27. The fourth-order valence-electron chi connectivity index (χ4n) is 5.74. The first-order valence-corrected chi connectivity index (χ1v) is 16.4. The van der Waals surface area contributed by atoms with Gasteiger partial charge in [0, 0.05) is 19.6 Å². The number of benzene rings is 2. The number of methoxy groups -OCH3 is 1. The first-order chi connectivity index (χ1) is 22.3. The van der Waals surface area contributed by atoms with Crippen molar-refractivity contribution in [1.82, 2.24) is 15.5 Å². The van der Waals surface area contributed by atoms with Gasteiger partial charge in [0.05, 0.1) is 38.6 Å². The van der Waals surface area contributed by atoms with E-state index in [1.165, 1.54) is 16.2 Å². The highest BCUT2D eigenvalue weighted by molar-refractivity contribution is 7.12. The molecular formula is C36H45N3O6S. The van der Waals surface area contributed by atoms with Crippen molar-refractivity contribution in [2.75, 3.05) is 33.9 Å². The average Bonchev–Trinajstić information content (AvgIpc) is 3.68. The zero-order chi connectivity index (χ0) is 33.1. The molecule has 0 saturated carbocycles. The minimum atomic E-state index is -0.946. The van der Waals surface area contributed by atoms with Crippen molar-refractivity contribution < 1.29 is 28.9 Å². The first-order valence-electron chi connectivity index (χ1n) is 15.6. The molecule has 4 rings (SSSR count). The predicted molar refractivity (Wildman–Crippen MR) is 182 cm³/mol. The molecule has 5 atom stereocenters. The van der Waals surface area contributed by atoms with E-state index in [2.05, 4.69) is 23.8 Å². The predicted octanol–water partition coefficient (Wildman–Crippen LogP) is 5.24. The molecule has 0 saturated heterocycles. The van der Waals surface area contributed by atoms with E-state index in [1.807, 2.05) is 55.5 Å². The Kier molecular flexibility index (Phi) is 13.0. The zero-order valence-electron chi connectivity index (χ0n) is 26.8. The van der Waals surface area contributed by atoms with Gasteiger partial charge in [-0.25, -0.2) is 0 Å². The largest absolute Gasteiger partial charge is 0.497 e. The summed E-state index contributed by atoms with van der Waals surface area (Å²) < 4.78 is 17.1. The Bertz CT molecular complexity index is 1460. The second-order valence-electron chi connectivity index (χ2n) is 11.2. The number of rotatable bonds is 18. The van der Waals surface area contributed by atoms with E-state index < -0.39 is 18.2 Å². The van der Waals surface area contributed by atoms with Crippen molar-refractivity contribution in [3.63, 3.8) is 0 Å². The molecule has 246 valence electrons. The number of nitrogens with one attached hydrogen (secondary N) is 2. The maximum atomic E-state index is 13.9. The Morgan fingerprint density at radius 2 is 1.91 bits per heavy atom. The Hall–Kier alpha value is -3.96. The summed E-state index contributed by atoms with van der Waals surface area (Å²) in [5.74, 6) is 0.547. The van der Waals surface area contributed by atoms with E-state index >= 15 is 0 Å². The number of carbonyl (C=O) groups is 2. The molecule has 0 aliphatic heterocycles. The van der Waals surface area contributed by atoms with E-state index in [9.17, 15) is 14.7 Å². The Labute approximate surface area is 275 Å². The van der Waals surface area contributed by atoms with Crippen molar-refractivity contribution in [3.8, 4) is 11.5 Å². The fraction of sp³-hybridized carbons (Fsp3) is 0.389. The van der Waals surface area contributed by atoms with Crippen molar-refractivity contribution in [2.45, 2.75) is 56.5 Å². The van der Waals surface area contributed by atoms with E-state index in [0.29, 0.717) is 36.7 Å². The summed E-state index contributed by atoms with van der Waals surface area (Å²) in [5, 5.41) is 19.9. The van der Waals surface area contributed by atoms with Gasteiger partial charge in [0.2, 0.25) is 5.91 Å². The third-order valence-electron chi connectivity index (χ3n) is 8.15. The molecule has 46 heavy (non-hydrogen) atoms. The number of amides is 2. The van der Waals surface area contributed by atoms with Crippen LogP contribution in [0, 0.1) is 0 Å². The molecule has 0 bridgehead atoms. The molecule has 3 aromatic rings. The number of ether oxygens (including phenoxy) is 3. The normalized spacial score (nSPS) is 17.3. The van der Waals surface area contributed by atoms with Gasteiger partial charge < -0.3 is 34.9 Å². The molecule has 10 heteroatoms. The number of fused-ring (bicyclic) bond motifs is 1. The smallest absolute Gasteiger partial charge is 0.268 e. The number of hydrogen-bond acceptors (Lipinski definition) is 8. The number of likely N-dealkylation sites (N-methyl/N-ethyl adjacent to an activating group) is 1. The molecule has 1 aromatic heterocycles. The van der Waals surface area contributed by atoms with E-state index in [4.69, 9.17) is 14.2 Å². The van der Waals surface area contributed by atoms with Crippen LogP contribution in [0.5, 0.6) is 11.5 Å². The van der Waals surface area contributed by atoms with Gasteiger partial charge in [-0.1, -0.05) is 48.6 Å². The lowest BCUT2D eigenvalue weighted by Gasteiger charge is -2.31. The second kappa shape index (κ2) is 17.1. The van der Waals surface area contributed by atoms with Crippen LogP contribution in [-0.4, -0.2) is 73.9 Å². The van der Waals surface area contributed by atoms with Crippen molar-refractivity contribution in [2.24, 2.45) is 0 Å². The maximum absolute atomic E-state index is 13.9. The number of thiophene rings is 1. The topological polar surface area (TPSA) is 109 Å². The average molecular weight is 648 g/mol. The monoisotopic (exact) mass is 647 g/mol. The molecule has 0 fully saturated rings. The van der Waals surface area contributed by atoms with E-state index in [-0.39, 0.29) is 36.9 Å². The van der Waals surface area contributed by atoms with Crippen LogP contribution in [0.25, 0.3) is 0 Å². The van der Waals surface area contributed by atoms with Gasteiger partial charge in [-0.05, 0) is 66.5 Å². The van der Waals surface area contributed by atoms with Crippen LogP contribution < -0.4 is 20.1 Å². The number of aliphatic hydroxyl groups is 1. The minimum absolute atomic E-state index is 0.0924. The van der Waals surface area contributed by atoms with Crippen LogP contribution in [-0.2, 0) is 16.0 Å². The van der Waals surface area contributed by atoms with Crippen LogP contribution >= 0.6 is 11.3 Å². The van der Waals surface area contributed by atoms with Crippen LogP contribution in [0.1, 0.15) is 58.3 Å². The van der Waals surface area contributed by atoms with Crippen LogP contribution in [0.2, 0.25) is 0 Å². The van der Waals surface area contributed by atoms with Crippen LogP contribution in [0.15, 0.2) is 85.3 Å². The second-order valence-corrected chi connectivity index (χ2v) is 12.1. The summed E-state index contributed by atoms with van der Waals surface area (Å²) in [6.45, 7) is 10.5. The highest BCUT2D eigenvalue weighted by Crippen LogP contribution is 2.42. The molecule has 9 nitrogen and oxygen atoms in total.